The van der Waals surface area contributed by atoms with E-state index in [1.807, 2.05) is 128 Å². The molecule has 0 saturated heterocycles. The zero-order valence-electron chi connectivity index (χ0n) is 35.1. The van der Waals surface area contributed by atoms with Gasteiger partial charge in [-0.05, 0) is 123 Å². The largest absolute Gasteiger partial charge is 0.507 e. The molecule has 9 rings (SSSR count). The highest BCUT2D eigenvalue weighted by Crippen LogP contribution is 2.40. The van der Waals surface area contributed by atoms with Gasteiger partial charge in [-0.3, -0.25) is 9.55 Å². The van der Waals surface area contributed by atoms with Gasteiger partial charge in [-0.15, -0.1) is 0 Å². The van der Waals surface area contributed by atoms with Crippen LogP contribution in [-0.2, 0) is 0 Å². The number of phenols is 1. The summed E-state index contributed by atoms with van der Waals surface area (Å²) in [6.07, 6.45) is 1.83. The molecule has 1 N–H and O–H groups in total. The SMILES string of the molecule is [2H]C([2H])([2H])c1cc(-c2ccccc2)ccc1-n1c(-c2ccccc2O)nc2c(-c3cc(-c4ccccc4)cc(-c4cc(-c5ccc(C([2H])(C)C)cc5)ccn4)c3)cccc21. The third kappa shape index (κ3) is 6.56. The summed E-state index contributed by atoms with van der Waals surface area (Å²) < 4.78 is 36.5. The van der Waals surface area contributed by atoms with Crippen molar-refractivity contribution >= 4 is 11.0 Å². The number of para-hydroxylation sites is 2. The van der Waals surface area contributed by atoms with E-state index in [0.29, 0.717) is 28.1 Å². The van der Waals surface area contributed by atoms with Gasteiger partial charge in [0.2, 0.25) is 0 Å². The summed E-state index contributed by atoms with van der Waals surface area (Å²) in [6, 6.07) is 57.1. The van der Waals surface area contributed by atoms with Crippen molar-refractivity contribution in [1.29, 1.82) is 0 Å². The van der Waals surface area contributed by atoms with E-state index in [4.69, 9.17) is 15.5 Å². The summed E-state index contributed by atoms with van der Waals surface area (Å²) in [5.74, 6) is -0.242. The van der Waals surface area contributed by atoms with Gasteiger partial charge in [0.25, 0.3) is 0 Å². The van der Waals surface area contributed by atoms with Crippen LogP contribution in [0.2, 0.25) is 0 Å². The van der Waals surface area contributed by atoms with E-state index in [9.17, 15) is 5.11 Å². The van der Waals surface area contributed by atoms with Crippen molar-refractivity contribution in [2.24, 2.45) is 0 Å². The molecule has 9 aromatic rings. The Balaban J connectivity index is 1.26. The van der Waals surface area contributed by atoms with Crippen molar-refractivity contribution in [3.8, 4) is 78.6 Å². The Morgan fingerprint density at radius 3 is 1.91 bits per heavy atom. The highest BCUT2D eigenvalue weighted by molar-refractivity contribution is 5.98. The normalized spacial score (nSPS) is 12.8. The molecule has 0 saturated carbocycles. The Morgan fingerprint density at radius 2 is 1.18 bits per heavy atom. The van der Waals surface area contributed by atoms with Gasteiger partial charge in [-0.1, -0.05) is 129 Å². The van der Waals surface area contributed by atoms with E-state index in [1.54, 1.807) is 24.3 Å². The molecular formula is C52H41N3O. The van der Waals surface area contributed by atoms with Crippen LogP contribution in [0.25, 0.3) is 83.9 Å². The predicted molar refractivity (Wildman–Crippen MR) is 232 cm³/mol. The van der Waals surface area contributed by atoms with Gasteiger partial charge in [-0.25, -0.2) is 4.98 Å². The number of rotatable bonds is 8. The number of aryl methyl sites for hydroxylation is 1. The van der Waals surface area contributed by atoms with Crippen molar-refractivity contribution in [2.75, 3.05) is 0 Å². The highest BCUT2D eigenvalue weighted by atomic mass is 16.3. The maximum absolute atomic E-state index is 11.3. The molecule has 0 aliphatic heterocycles. The second-order valence-electron chi connectivity index (χ2n) is 14.2. The first-order chi connectivity index (χ1) is 28.9. The molecule has 0 amide bonds. The zero-order chi connectivity index (χ0) is 41.6. The fourth-order valence-electron chi connectivity index (χ4n) is 7.45. The maximum atomic E-state index is 11.3. The molecule has 2 aromatic heterocycles. The number of aromatic nitrogens is 3. The zero-order valence-corrected chi connectivity index (χ0v) is 31.1. The molecule has 0 fully saturated rings. The lowest BCUT2D eigenvalue weighted by atomic mass is 9.93. The summed E-state index contributed by atoms with van der Waals surface area (Å²) in [5.41, 5.74) is 12.6. The molecular weight excluding hydrogens is 683 g/mol. The van der Waals surface area contributed by atoms with E-state index in [-0.39, 0.29) is 11.3 Å². The lowest BCUT2D eigenvalue weighted by molar-refractivity contribution is 0.477. The van der Waals surface area contributed by atoms with Crippen molar-refractivity contribution in [1.82, 2.24) is 14.5 Å². The van der Waals surface area contributed by atoms with Crippen LogP contribution in [0.4, 0.5) is 0 Å². The molecule has 4 nitrogen and oxygen atoms in total. The van der Waals surface area contributed by atoms with Crippen LogP contribution in [0.1, 0.15) is 36.4 Å². The first-order valence-corrected chi connectivity index (χ1v) is 18.7. The number of phenolic OH excluding ortho intramolecular Hbond substituents is 1. The van der Waals surface area contributed by atoms with Crippen LogP contribution in [0.5, 0.6) is 5.75 Å². The number of hydrogen-bond donors (Lipinski definition) is 1. The van der Waals surface area contributed by atoms with Crippen molar-refractivity contribution < 1.29 is 10.6 Å². The Hall–Kier alpha value is -7.04. The summed E-state index contributed by atoms with van der Waals surface area (Å²) in [6.45, 7) is 1.31. The molecule has 0 radical (unpaired) electrons. The van der Waals surface area contributed by atoms with E-state index in [2.05, 4.69) is 48.5 Å². The molecule has 0 aliphatic carbocycles. The second kappa shape index (κ2) is 14.7. The summed E-state index contributed by atoms with van der Waals surface area (Å²) in [7, 11) is 0. The molecule has 270 valence electrons. The number of fused-ring (bicyclic) bond motifs is 1. The number of benzene rings is 7. The van der Waals surface area contributed by atoms with E-state index in [1.165, 1.54) is 0 Å². The van der Waals surface area contributed by atoms with Crippen LogP contribution in [0, 0.1) is 6.85 Å². The van der Waals surface area contributed by atoms with Crippen molar-refractivity contribution in [3.63, 3.8) is 0 Å². The summed E-state index contributed by atoms with van der Waals surface area (Å²) in [5, 5.41) is 11.3. The Morgan fingerprint density at radius 1 is 0.554 bits per heavy atom. The molecule has 0 aliphatic rings. The summed E-state index contributed by atoms with van der Waals surface area (Å²) in [4.78, 5) is 10.1. The number of hydrogen-bond acceptors (Lipinski definition) is 3. The van der Waals surface area contributed by atoms with Crippen molar-refractivity contribution in [2.45, 2.75) is 26.6 Å². The quantitative estimate of drug-likeness (QED) is 0.170. The topological polar surface area (TPSA) is 50.9 Å². The van der Waals surface area contributed by atoms with E-state index >= 15 is 0 Å². The third-order valence-corrected chi connectivity index (χ3v) is 10.4. The number of pyridine rings is 1. The average Bonchev–Trinajstić information content (AvgIpc) is 3.66. The molecule has 2 heterocycles. The molecule has 0 bridgehead atoms. The fourth-order valence-corrected chi connectivity index (χ4v) is 7.45. The smallest absolute Gasteiger partial charge is 0.149 e. The van der Waals surface area contributed by atoms with Gasteiger partial charge in [-0.2, -0.15) is 0 Å². The molecule has 0 atom stereocenters. The Labute approximate surface area is 333 Å². The lowest BCUT2D eigenvalue weighted by Gasteiger charge is -2.15. The number of imidazole rings is 1. The van der Waals surface area contributed by atoms with Crippen LogP contribution in [0.15, 0.2) is 182 Å². The van der Waals surface area contributed by atoms with Gasteiger partial charge < -0.3 is 5.11 Å². The third-order valence-electron chi connectivity index (χ3n) is 10.4. The monoisotopic (exact) mass is 727 g/mol. The van der Waals surface area contributed by atoms with Crippen LogP contribution in [0.3, 0.4) is 0 Å². The Bertz CT molecular complexity index is 3000. The fraction of sp³-hybridized carbons (Fsp3) is 0.0769. The van der Waals surface area contributed by atoms with Gasteiger partial charge in [0.15, 0.2) is 0 Å². The van der Waals surface area contributed by atoms with Gasteiger partial charge in [0.1, 0.15) is 11.6 Å². The molecule has 0 unspecified atom stereocenters. The first-order valence-electron chi connectivity index (χ1n) is 20.7. The summed E-state index contributed by atoms with van der Waals surface area (Å²) >= 11 is 0. The lowest BCUT2D eigenvalue weighted by Crippen LogP contribution is -2.00. The average molecular weight is 728 g/mol. The van der Waals surface area contributed by atoms with Crippen LogP contribution in [-0.4, -0.2) is 19.6 Å². The van der Waals surface area contributed by atoms with Gasteiger partial charge in [0, 0.05) is 22.8 Å². The van der Waals surface area contributed by atoms with Gasteiger partial charge >= 0.3 is 0 Å². The molecule has 4 heteroatoms. The van der Waals surface area contributed by atoms with E-state index < -0.39 is 12.7 Å². The van der Waals surface area contributed by atoms with Crippen molar-refractivity contribution in [3.05, 3.63) is 193 Å². The highest BCUT2D eigenvalue weighted by Gasteiger charge is 2.21. The molecule has 7 aromatic carbocycles. The number of nitrogens with zero attached hydrogens (tertiary/aromatic N) is 3. The van der Waals surface area contributed by atoms with Gasteiger partial charge in [0.05, 0.1) is 28.0 Å². The van der Waals surface area contributed by atoms with Crippen LogP contribution < -0.4 is 0 Å². The molecule has 56 heavy (non-hydrogen) atoms. The minimum absolute atomic E-state index is 0.0318. The predicted octanol–water partition coefficient (Wildman–Crippen LogP) is 13.6. The standard InChI is InChI=1S/C52H41N3O/c1-34(2)36-21-23-39(24-22-36)41-27-28-53-47(33-41)44-31-42(38-15-8-5-9-16-38)30-43(32-44)45-18-12-19-49-51(45)54-52(46-17-10-11-20-50(46)56)55(49)48-26-25-40(29-35(48)3)37-13-6-4-7-14-37/h4-34,56H,1-3H3/i3D3,34D. The Kier molecular flexibility index (Phi) is 7.93. The van der Waals surface area contributed by atoms with Crippen LogP contribution >= 0.6 is 0 Å². The first kappa shape index (κ1) is 30.3. The minimum atomic E-state index is -2.47. The second-order valence-corrected chi connectivity index (χ2v) is 14.2. The maximum Gasteiger partial charge on any atom is 0.149 e. The van der Waals surface area contributed by atoms with E-state index in [0.717, 1.165) is 61.3 Å². The molecule has 0 spiro atoms. The minimum Gasteiger partial charge on any atom is -0.507 e. The number of aromatic hydroxyl groups is 1.